The number of ether oxygens (including phenoxy) is 1. The molecule has 1 saturated carbocycles. The fourth-order valence-corrected chi connectivity index (χ4v) is 4.85. The summed E-state index contributed by atoms with van der Waals surface area (Å²) in [4.78, 5) is 14.3. The van der Waals surface area contributed by atoms with Gasteiger partial charge in [0.15, 0.2) is 0 Å². The van der Waals surface area contributed by atoms with Gasteiger partial charge in [-0.1, -0.05) is 6.07 Å². The number of hydrogen-bond donors (Lipinski definition) is 1. The fraction of sp³-hybridized carbons (Fsp3) is 0.588. The van der Waals surface area contributed by atoms with E-state index in [-0.39, 0.29) is 16.4 Å². The maximum atomic E-state index is 12.4. The Hall–Kier alpha value is -1.20. The van der Waals surface area contributed by atoms with Crippen LogP contribution in [0.4, 0.5) is 0 Å². The lowest BCUT2D eigenvalue weighted by atomic mass is 9.92. The maximum absolute atomic E-state index is 12.4. The highest BCUT2D eigenvalue weighted by Crippen LogP contribution is 2.46. The number of thioether (sulfide) groups is 1. The van der Waals surface area contributed by atoms with Crippen LogP contribution in [0.2, 0.25) is 0 Å². The van der Waals surface area contributed by atoms with Gasteiger partial charge >= 0.3 is 0 Å². The Bertz CT molecular complexity index is 581. The van der Waals surface area contributed by atoms with Crippen molar-refractivity contribution in [2.45, 2.75) is 30.1 Å². The Balaban J connectivity index is 1.30. The van der Waals surface area contributed by atoms with E-state index in [1.54, 1.807) is 18.2 Å². The summed E-state index contributed by atoms with van der Waals surface area (Å²) in [5.74, 6) is 2.03. The van der Waals surface area contributed by atoms with Crippen LogP contribution >= 0.6 is 11.8 Å². The van der Waals surface area contributed by atoms with Crippen LogP contribution in [0.5, 0.6) is 5.75 Å². The minimum atomic E-state index is 0.0180. The molecule has 4 nitrogen and oxygen atoms in total. The number of amides is 1. The van der Waals surface area contributed by atoms with E-state index in [0.29, 0.717) is 11.7 Å². The Morgan fingerprint density at radius 2 is 2.23 bits per heavy atom. The van der Waals surface area contributed by atoms with Gasteiger partial charge in [-0.3, -0.25) is 4.79 Å². The molecule has 1 spiro atoms. The Labute approximate surface area is 134 Å². The van der Waals surface area contributed by atoms with Crippen molar-refractivity contribution < 1.29 is 14.6 Å². The first-order chi connectivity index (χ1) is 10.6. The van der Waals surface area contributed by atoms with Crippen molar-refractivity contribution in [1.29, 1.82) is 0 Å². The summed E-state index contributed by atoms with van der Waals surface area (Å²) in [6.45, 7) is 2.53. The van der Waals surface area contributed by atoms with E-state index in [1.807, 2.05) is 16.7 Å². The van der Waals surface area contributed by atoms with Crippen molar-refractivity contribution in [3.8, 4) is 5.75 Å². The molecular formula is C17H21NO3S. The molecule has 1 aromatic carbocycles. The summed E-state index contributed by atoms with van der Waals surface area (Å²) < 4.78 is 6.21. The van der Waals surface area contributed by atoms with Crippen LogP contribution in [0, 0.1) is 5.92 Å². The van der Waals surface area contributed by atoms with Crippen molar-refractivity contribution in [2.24, 2.45) is 5.92 Å². The predicted octanol–water partition coefficient (Wildman–Crippen LogP) is 2.52. The van der Waals surface area contributed by atoms with Crippen LogP contribution in [0.15, 0.2) is 24.3 Å². The predicted molar refractivity (Wildman–Crippen MR) is 86.3 cm³/mol. The van der Waals surface area contributed by atoms with Gasteiger partial charge in [0.25, 0.3) is 5.91 Å². The molecule has 3 fully saturated rings. The molecule has 1 aliphatic carbocycles. The van der Waals surface area contributed by atoms with Gasteiger partial charge < -0.3 is 14.7 Å². The Kier molecular flexibility index (Phi) is 3.57. The summed E-state index contributed by atoms with van der Waals surface area (Å²) in [5.41, 5.74) is 0.569. The van der Waals surface area contributed by atoms with Crippen molar-refractivity contribution >= 4 is 17.7 Å². The molecule has 22 heavy (non-hydrogen) atoms. The van der Waals surface area contributed by atoms with E-state index in [4.69, 9.17) is 4.74 Å². The van der Waals surface area contributed by atoms with Crippen molar-refractivity contribution in [3.05, 3.63) is 29.8 Å². The number of hydrogen-bond acceptors (Lipinski definition) is 4. The third-order valence-electron chi connectivity index (χ3n) is 4.78. The summed E-state index contributed by atoms with van der Waals surface area (Å²) in [7, 11) is 0. The van der Waals surface area contributed by atoms with E-state index in [2.05, 4.69) is 0 Å². The molecule has 2 saturated heterocycles. The number of nitrogens with zero attached hydrogens (tertiary/aromatic N) is 1. The fourth-order valence-electron chi connectivity index (χ4n) is 3.30. The molecule has 4 rings (SSSR count). The zero-order chi connectivity index (χ0) is 15.2. The van der Waals surface area contributed by atoms with Crippen LogP contribution in [-0.2, 0) is 4.74 Å². The van der Waals surface area contributed by atoms with Gasteiger partial charge in [0, 0.05) is 31.0 Å². The molecule has 0 aromatic heterocycles. The topological polar surface area (TPSA) is 49.8 Å². The van der Waals surface area contributed by atoms with Crippen LogP contribution in [0.3, 0.4) is 0 Å². The van der Waals surface area contributed by atoms with Crippen molar-refractivity contribution in [2.75, 3.05) is 25.4 Å². The van der Waals surface area contributed by atoms with Gasteiger partial charge in [-0.05, 0) is 43.4 Å². The molecule has 118 valence electrons. The minimum Gasteiger partial charge on any atom is -0.508 e. The third-order valence-corrected chi connectivity index (χ3v) is 6.35. The number of phenolic OH excluding ortho intramolecular Hbond substituents is 1. The Morgan fingerprint density at radius 1 is 1.41 bits per heavy atom. The van der Waals surface area contributed by atoms with Crippen LogP contribution in [0.25, 0.3) is 0 Å². The van der Waals surface area contributed by atoms with Crippen LogP contribution in [-0.4, -0.2) is 52.2 Å². The molecular weight excluding hydrogens is 298 g/mol. The first-order valence-corrected chi connectivity index (χ1v) is 8.96. The molecule has 1 aromatic rings. The number of carbonyl (C=O) groups is 1. The van der Waals surface area contributed by atoms with Gasteiger partial charge in [0.2, 0.25) is 0 Å². The monoisotopic (exact) mass is 319 g/mol. The number of aromatic hydroxyl groups is 1. The summed E-state index contributed by atoms with van der Waals surface area (Å²) in [6.07, 6.45) is 4.09. The zero-order valence-electron chi connectivity index (χ0n) is 12.5. The van der Waals surface area contributed by atoms with E-state index in [9.17, 15) is 9.90 Å². The van der Waals surface area contributed by atoms with Gasteiger partial charge in [-0.2, -0.15) is 0 Å². The smallest absolute Gasteiger partial charge is 0.254 e. The van der Waals surface area contributed by atoms with Crippen LogP contribution < -0.4 is 0 Å². The zero-order valence-corrected chi connectivity index (χ0v) is 13.3. The summed E-state index contributed by atoms with van der Waals surface area (Å²) in [5, 5.41) is 9.49. The highest BCUT2D eigenvalue weighted by Gasteiger charge is 2.51. The van der Waals surface area contributed by atoms with Gasteiger partial charge in [-0.25, -0.2) is 0 Å². The van der Waals surface area contributed by atoms with E-state index in [1.165, 1.54) is 18.9 Å². The SMILES string of the molecule is O=C(c1cccc(O)c1)N1CC2(CC(OCC3CC3)CS2)C1. The lowest BCUT2D eigenvalue weighted by Gasteiger charge is -2.47. The second kappa shape index (κ2) is 5.46. The number of rotatable bonds is 4. The molecule has 1 amide bonds. The molecule has 5 heteroatoms. The summed E-state index contributed by atoms with van der Waals surface area (Å²) in [6, 6.07) is 6.60. The van der Waals surface area contributed by atoms with Gasteiger partial charge in [0.05, 0.1) is 10.9 Å². The second-order valence-electron chi connectivity index (χ2n) is 6.81. The Morgan fingerprint density at radius 3 is 2.95 bits per heavy atom. The van der Waals surface area contributed by atoms with Crippen LogP contribution in [0.1, 0.15) is 29.6 Å². The number of phenols is 1. The molecule has 1 atom stereocenters. The number of carbonyl (C=O) groups excluding carboxylic acids is 1. The average Bonchev–Trinajstić information content (AvgIpc) is 3.21. The van der Waals surface area contributed by atoms with E-state index < -0.39 is 0 Å². The first kappa shape index (κ1) is 14.4. The molecule has 1 N–H and O–H groups in total. The minimum absolute atomic E-state index is 0.0180. The maximum Gasteiger partial charge on any atom is 0.254 e. The number of likely N-dealkylation sites (tertiary alicyclic amines) is 1. The van der Waals surface area contributed by atoms with E-state index >= 15 is 0 Å². The lowest BCUT2D eigenvalue weighted by Crippen LogP contribution is -2.60. The van der Waals surface area contributed by atoms with Gasteiger partial charge in [-0.15, -0.1) is 11.8 Å². The largest absolute Gasteiger partial charge is 0.508 e. The average molecular weight is 319 g/mol. The number of benzene rings is 1. The van der Waals surface area contributed by atoms with Crippen molar-refractivity contribution in [1.82, 2.24) is 4.90 Å². The molecule has 3 aliphatic rings. The standard InChI is InChI=1S/C17H21NO3S/c19-14-3-1-2-13(6-14)16(20)18-10-17(11-18)7-15(9-22-17)21-8-12-4-5-12/h1-3,6,12,15,19H,4-5,7-11H2. The molecule has 0 bridgehead atoms. The quantitative estimate of drug-likeness (QED) is 0.926. The molecule has 2 heterocycles. The first-order valence-electron chi connectivity index (χ1n) is 7.97. The highest BCUT2D eigenvalue weighted by atomic mass is 32.2. The molecule has 0 radical (unpaired) electrons. The molecule has 2 aliphatic heterocycles. The third kappa shape index (κ3) is 2.84. The molecule has 1 unspecified atom stereocenters. The van der Waals surface area contributed by atoms with Gasteiger partial charge in [0.1, 0.15) is 5.75 Å². The normalized spacial score (nSPS) is 26.2. The summed E-state index contributed by atoms with van der Waals surface area (Å²) >= 11 is 1.96. The van der Waals surface area contributed by atoms with E-state index in [0.717, 1.165) is 37.8 Å². The second-order valence-corrected chi connectivity index (χ2v) is 8.30. The highest BCUT2D eigenvalue weighted by molar-refractivity contribution is 8.01. The van der Waals surface area contributed by atoms with Crippen molar-refractivity contribution in [3.63, 3.8) is 0 Å². The lowest BCUT2D eigenvalue weighted by molar-refractivity contribution is 0.0287.